The quantitative estimate of drug-likeness (QED) is 0.678. The molecule has 0 atom stereocenters. The van der Waals surface area contributed by atoms with Crippen LogP contribution >= 0.6 is 0 Å². The van der Waals surface area contributed by atoms with Gasteiger partial charge in [-0.25, -0.2) is 4.98 Å². The number of hydrogen-bond donors (Lipinski definition) is 2. The molecule has 0 saturated carbocycles. The van der Waals surface area contributed by atoms with Crippen molar-refractivity contribution in [3.8, 4) is 11.4 Å². The van der Waals surface area contributed by atoms with Crippen LogP contribution in [0.25, 0.3) is 11.4 Å². The average Bonchev–Trinajstić information content (AvgIpc) is 3.20. The van der Waals surface area contributed by atoms with Crippen LogP contribution in [0, 0.1) is 13.8 Å². The topological polar surface area (TPSA) is 101 Å². The lowest BCUT2D eigenvalue weighted by molar-refractivity contribution is -0.121. The largest absolute Gasteiger partial charge is 0.356 e. The molecule has 3 heterocycles. The van der Waals surface area contributed by atoms with Crippen LogP contribution in [0.2, 0.25) is 0 Å². The molecule has 0 aliphatic carbocycles. The second-order valence-electron chi connectivity index (χ2n) is 5.85. The number of pyridine rings is 1. The van der Waals surface area contributed by atoms with Crippen LogP contribution in [0.4, 0.5) is 0 Å². The summed E-state index contributed by atoms with van der Waals surface area (Å²) in [6.45, 7) is 5.03. The van der Waals surface area contributed by atoms with Crippen molar-refractivity contribution >= 4 is 5.91 Å². The van der Waals surface area contributed by atoms with Crippen LogP contribution < -0.4 is 5.32 Å². The van der Waals surface area contributed by atoms with Gasteiger partial charge in [0.05, 0.1) is 5.69 Å². The SMILES string of the molecule is Cc1cc(C)n(CCC(=O)NCCc2nc(-c3cccnc3)n[nH]2)n1. The van der Waals surface area contributed by atoms with Crippen molar-refractivity contribution in [1.82, 2.24) is 35.3 Å². The second-order valence-corrected chi connectivity index (χ2v) is 5.85. The molecule has 0 unspecified atom stereocenters. The molecule has 130 valence electrons. The molecular formula is C17H21N7O. The Balaban J connectivity index is 1.43. The zero-order valence-electron chi connectivity index (χ0n) is 14.4. The van der Waals surface area contributed by atoms with Gasteiger partial charge in [0.25, 0.3) is 0 Å². The lowest BCUT2D eigenvalue weighted by Crippen LogP contribution is -2.27. The van der Waals surface area contributed by atoms with Gasteiger partial charge in [-0.3, -0.25) is 19.6 Å². The number of H-pyrrole nitrogens is 1. The summed E-state index contributed by atoms with van der Waals surface area (Å²) in [6.07, 6.45) is 4.42. The van der Waals surface area contributed by atoms with Gasteiger partial charge in [0.1, 0.15) is 5.82 Å². The van der Waals surface area contributed by atoms with Crippen LogP contribution in [0.1, 0.15) is 23.6 Å². The molecule has 0 aliphatic heterocycles. The molecule has 0 bridgehead atoms. The maximum Gasteiger partial charge on any atom is 0.221 e. The van der Waals surface area contributed by atoms with Crippen LogP contribution in [-0.2, 0) is 17.8 Å². The fourth-order valence-corrected chi connectivity index (χ4v) is 2.55. The Hall–Kier alpha value is -3.03. The van der Waals surface area contributed by atoms with E-state index in [0.29, 0.717) is 31.8 Å². The minimum Gasteiger partial charge on any atom is -0.356 e. The molecule has 0 aliphatic rings. The van der Waals surface area contributed by atoms with Crippen molar-refractivity contribution in [2.24, 2.45) is 0 Å². The molecule has 0 radical (unpaired) electrons. The lowest BCUT2D eigenvalue weighted by Gasteiger charge is -2.05. The van der Waals surface area contributed by atoms with Crippen LogP contribution in [0.5, 0.6) is 0 Å². The van der Waals surface area contributed by atoms with E-state index in [1.807, 2.05) is 36.7 Å². The zero-order valence-corrected chi connectivity index (χ0v) is 14.4. The van der Waals surface area contributed by atoms with Gasteiger partial charge in [-0.2, -0.15) is 10.2 Å². The third-order valence-electron chi connectivity index (χ3n) is 3.79. The number of carbonyl (C=O) groups is 1. The first-order chi connectivity index (χ1) is 12.1. The van der Waals surface area contributed by atoms with Crippen LogP contribution in [0.3, 0.4) is 0 Å². The summed E-state index contributed by atoms with van der Waals surface area (Å²) in [5, 5.41) is 14.3. The monoisotopic (exact) mass is 339 g/mol. The van der Waals surface area contributed by atoms with Crippen molar-refractivity contribution in [3.63, 3.8) is 0 Å². The molecule has 3 aromatic heterocycles. The van der Waals surface area contributed by atoms with E-state index < -0.39 is 0 Å². The van der Waals surface area contributed by atoms with E-state index >= 15 is 0 Å². The summed E-state index contributed by atoms with van der Waals surface area (Å²) >= 11 is 0. The molecule has 8 nitrogen and oxygen atoms in total. The van der Waals surface area contributed by atoms with Crippen molar-refractivity contribution in [2.45, 2.75) is 33.2 Å². The predicted molar refractivity (Wildman–Crippen MR) is 92.6 cm³/mol. The molecule has 25 heavy (non-hydrogen) atoms. The molecule has 8 heteroatoms. The van der Waals surface area contributed by atoms with Gasteiger partial charge < -0.3 is 5.32 Å². The predicted octanol–water partition coefficient (Wildman–Crippen LogP) is 1.43. The molecule has 1 amide bonds. The smallest absolute Gasteiger partial charge is 0.221 e. The molecule has 0 saturated heterocycles. The van der Waals surface area contributed by atoms with Gasteiger partial charge in [-0.15, -0.1) is 0 Å². The highest BCUT2D eigenvalue weighted by Crippen LogP contribution is 2.11. The highest BCUT2D eigenvalue weighted by molar-refractivity contribution is 5.75. The highest BCUT2D eigenvalue weighted by atomic mass is 16.1. The minimum atomic E-state index is -0.000416. The summed E-state index contributed by atoms with van der Waals surface area (Å²) in [5.74, 6) is 1.34. The van der Waals surface area contributed by atoms with E-state index in [9.17, 15) is 4.79 Å². The summed E-state index contributed by atoms with van der Waals surface area (Å²) in [7, 11) is 0. The summed E-state index contributed by atoms with van der Waals surface area (Å²) in [5.41, 5.74) is 2.89. The number of aromatic nitrogens is 6. The van der Waals surface area contributed by atoms with E-state index in [2.05, 4.69) is 30.6 Å². The minimum absolute atomic E-state index is 0.000416. The standard InChI is InChI=1S/C17H21N7O/c1-12-10-13(2)24(23-12)9-6-16(25)19-8-5-15-20-17(22-21-15)14-4-3-7-18-11-14/h3-4,7,10-11H,5-6,8-9H2,1-2H3,(H,19,25)(H,20,21,22). The van der Waals surface area contributed by atoms with Crippen LogP contribution in [0.15, 0.2) is 30.6 Å². The Labute approximate surface area is 145 Å². The molecule has 2 N–H and O–H groups in total. The highest BCUT2D eigenvalue weighted by Gasteiger charge is 2.08. The summed E-state index contributed by atoms with van der Waals surface area (Å²) < 4.78 is 1.85. The van der Waals surface area contributed by atoms with E-state index in [1.165, 1.54) is 0 Å². The first-order valence-electron chi connectivity index (χ1n) is 8.21. The first kappa shape index (κ1) is 16.8. The van der Waals surface area contributed by atoms with Crippen molar-refractivity contribution in [2.75, 3.05) is 6.54 Å². The lowest BCUT2D eigenvalue weighted by atomic mass is 10.3. The Morgan fingerprint density at radius 2 is 2.24 bits per heavy atom. The zero-order chi connectivity index (χ0) is 17.6. The third-order valence-corrected chi connectivity index (χ3v) is 3.79. The number of rotatable bonds is 7. The normalized spacial score (nSPS) is 10.8. The van der Waals surface area contributed by atoms with Gasteiger partial charge in [-0.05, 0) is 32.0 Å². The van der Waals surface area contributed by atoms with E-state index in [0.717, 1.165) is 22.8 Å². The Bertz CT molecular complexity index is 838. The number of aromatic amines is 1. The van der Waals surface area contributed by atoms with Gasteiger partial charge in [0.2, 0.25) is 5.91 Å². The first-order valence-corrected chi connectivity index (χ1v) is 8.21. The van der Waals surface area contributed by atoms with Gasteiger partial charge in [0, 0.05) is 49.6 Å². The molecule has 0 aromatic carbocycles. The Morgan fingerprint density at radius 1 is 1.36 bits per heavy atom. The van der Waals surface area contributed by atoms with E-state index in [-0.39, 0.29) is 5.91 Å². The molecule has 0 fully saturated rings. The number of amides is 1. The summed E-state index contributed by atoms with van der Waals surface area (Å²) in [6, 6.07) is 5.75. The fraction of sp³-hybridized carbons (Fsp3) is 0.353. The maximum atomic E-state index is 11.9. The van der Waals surface area contributed by atoms with Crippen LogP contribution in [-0.4, -0.2) is 42.4 Å². The number of nitrogens with one attached hydrogen (secondary N) is 2. The number of nitrogens with zero attached hydrogens (tertiary/aromatic N) is 5. The molecule has 0 spiro atoms. The molecule has 3 aromatic rings. The number of hydrogen-bond acceptors (Lipinski definition) is 5. The number of aryl methyl sites for hydroxylation is 3. The number of carbonyl (C=O) groups excluding carboxylic acids is 1. The van der Waals surface area contributed by atoms with Crippen molar-refractivity contribution < 1.29 is 4.79 Å². The fourth-order valence-electron chi connectivity index (χ4n) is 2.55. The molecule has 3 rings (SSSR count). The third kappa shape index (κ3) is 4.50. The Morgan fingerprint density at radius 3 is 2.96 bits per heavy atom. The Kier molecular flexibility index (Phi) is 5.17. The van der Waals surface area contributed by atoms with Crippen molar-refractivity contribution in [3.05, 3.63) is 47.8 Å². The van der Waals surface area contributed by atoms with E-state index in [4.69, 9.17) is 0 Å². The van der Waals surface area contributed by atoms with Gasteiger partial charge in [-0.1, -0.05) is 0 Å². The average molecular weight is 339 g/mol. The van der Waals surface area contributed by atoms with Gasteiger partial charge in [0.15, 0.2) is 5.82 Å². The molecular weight excluding hydrogens is 318 g/mol. The summed E-state index contributed by atoms with van der Waals surface area (Å²) in [4.78, 5) is 20.4. The van der Waals surface area contributed by atoms with Gasteiger partial charge >= 0.3 is 0 Å². The van der Waals surface area contributed by atoms with E-state index in [1.54, 1.807) is 12.4 Å². The van der Waals surface area contributed by atoms with Crippen molar-refractivity contribution in [1.29, 1.82) is 0 Å². The second kappa shape index (κ2) is 7.69. The maximum absolute atomic E-state index is 11.9.